The Morgan fingerprint density at radius 1 is 0.465 bits per heavy atom. The molecule has 0 spiro atoms. The number of hydrogen-bond donors (Lipinski definition) is 2. The normalized spacial score (nSPS) is 17.0. The number of nitrogens with zero attached hydrogens (tertiary/aromatic N) is 3. The SMILES string of the molecule is CC1CC=Cc2cc3c4ccccc4n(-c4ccc5c6cc7ccccc7cc6n(-c6cc(C7NC(c8ccccc8)=NC(c8cc9ccccc9c9ccccc89)[NH2+]7)cc7ccccc67)c5c4)c3cc21. The van der Waals surface area contributed by atoms with Gasteiger partial charge in [-0.05, 0) is 122 Å². The van der Waals surface area contributed by atoms with Crippen molar-refractivity contribution < 1.29 is 5.32 Å². The molecule has 5 nitrogen and oxygen atoms in total. The van der Waals surface area contributed by atoms with Crippen molar-refractivity contribution in [1.29, 1.82) is 0 Å². The molecule has 0 saturated heterocycles. The number of quaternary nitrogens is 1. The van der Waals surface area contributed by atoms with Gasteiger partial charge in [-0.2, -0.15) is 0 Å². The zero-order valence-electron chi connectivity index (χ0n) is 39.2. The van der Waals surface area contributed by atoms with Gasteiger partial charge in [0.2, 0.25) is 6.17 Å². The van der Waals surface area contributed by atoms with Gasteiger partial charge in [-0.1, -0.05) is 171 Å². The molecule has 0 bridgehead atoms. The number of benzene rings is 11. The number of rotatable bonds is 5. The van der Waals surface area contributed by atoms with E-state index in [0.29, 0.717) is 5.92 Å². The first-order valence-electron chi connectivity index (χ1n) is 25.0. The zero-order valence-corrected chi connectivity index (χ0v) is 39.2. The maximum atomic E-state index is 5.54. The summed E-state index contributed by atoms with van der Waals surface area (Å²) >= 11 is 0. The number of aliphatic imine (C=N–C) groups is 1. The number of hydrogen-bond acceptors (Lipinski definition) is 2. The topological polar surface area (TPSA) is 50.9 Å². The highest BCUT2D eigenvalue weighted by Gasteiger charge is 2.32. The predicted molar refractivity (Wildman–Crippen MR) is 297 cm³/mol. The van der Waals surface area contributed by atoms with E-state index in [2.05, 4.69) is 251 Å². The molecule has 13 aromatic rings. The van der Waals surface area contributed by atoms with Crippen LogP contribution in [0.15, 0.2) is 223 Å². The molecular weight excluding hydrogens is 863 g/mol. The first-order chi connectivity index (χ1) is 35.1. The van der Waals surface area contributed by atoms with Crippen LogP contribution in [0.4, 0.5) is 0 Å². The molecule has 0 radical (unpaired) electrons. The molecule has 3 unspecified atom stereocenters. The van der Waals surface area contributed by atoms with Crippen molar-refractivity contribution in [3.63, 3.8) is 0 Å². The molecule has 1 aliphatic carbocycles. The molecule has 2 aliphatic rings. The van der Waals surface area contributed by atoms with E-state index in [-0.39, 0.29) is 12.3 Å². The Bertz CT molecular complexity index is 4420. The lowest BCUT2D eigenvalue weighted by Gasteiger charge is -2.30. The second kappa shape index (κ2) is 15.6. The third-order valence-electron chi connectivity index (χ3n) is 15.6. The number of nitrogens with one attached hydrogen (secondary N) is 1. The summed E-state index contributed by atoms with van der Waals surface area (Å²) in [6.45, 7) is 2.36. The molecule has 15 rings (SSSR count). The standard InChI is InChI=1S/C66H47N5/c1-40-16-15-23-46-34-57-53-28-13-14-29-59(53)70(63(57)39-55(40)46)48-30-31-54-56-33-42-19-5-6-20-43(42)36-61(56)71(62(54)38-48)60-37-47(32-44-21-8-10-25-50(44)60)65-67-64(41-17-3-2-4-18-41)68-66(69-65)58-35-45-22-7-9-24-49(45)51-26-11-12-27-52(51)58/h2-15,17-40,65-66,69H,16H2,1H3,(H,67,68)/p+1. The maximum Gasteiger partial charge on any atom is 0.210 e. The second-order valence-corrected chi connectivity index (χ2v) is 19.7. The zero-order chi connectivity index (χ0) is 46.7. The molecule has 71 heavy (non-hydrogen) atoms. The van der Waals surface area contributed by atoms with Crippen LogP contribution < -0.4 is 10.6 Å². The molecule has 5 heteroatoms. The highest BCUT2D eigenvalue weighted by Crippen LogP contribution is 2.43. The summed E-state index contributed by atoms with van der Waals surface area (Å²) in [6, 6.07) is 78.8. The Morgan fingerprint density at radius 2 is 1.10 bits per heavy atom. The molecule has 0 saturated carbocycles. The largest absolute Gasteiger partial charge is 0.317 e. The minimum atomic E-state index is -0.209. The van der Waals surface area contributed by atoms with E-state index in [1.54, 1.807) is 0 Å². The van der Waals surface area contributed by atoms with Crippen molar-refractivity contribution in [2.75, 3.05) is 0 Å². The smallest absolute Gasteiger partial charge is 0.210 e. The predicted octanol–water partition coefficient (Wildman–Crippen LogP) is 15.3. The minimum absolute atomic E-state index is 0.161. The summed E-state index contributed by atoms with van der Waals surface area (Å²) in [5, 5.41) is 21.2. The Hall–Kier alpha value is -8.77. The van der Waals surface area contributed by atoms with Crippen LogP contribution in [-0.2, 0) is 0 Å². The number of nitrogens with two attached hydrogens (primary N) is 1. The van der Waals surface area contributed by atoms with Crippen molar-refractivity contribution in [3.8, 4) is 11.4 Å². The first-order valence-corrected chi connectivity index (χ1v) is 25.0. The van der Waals surface area contributed by atoms with E-state index < -0.39 is 0 Å². The minimum Gasteiger partial charge on any atom is -0.317 e. The summed E-state index contributed by atoms with van der Waals surface area (Å²) < 4.78 is 5.06. The quantitative estimate of drug-likeness (QED) is 0.166. The van der Waals surface area contributed by atoms with E-state index in [1.165, 1.54) is 109 Å². The van der Waals surface area contributed by atoms with Gasteiger partial charge in [0.25, 0.3) is 0 Å². The van der Waals surface area contributed by atoms with E-state index in [9.17, 15) is 0 Å². The number of aromatic nitrogens is 2. The number of para-hydroxylation sites is 1. The van der Waals surface area contributed by atoms with Crippen LogP contribution in [0.5, 0.6) is 0 Å². The van der Waals surface area contributed by atoms with Crippen LogP contribution in [-0.4, -0.2) is 15.0 Å². The van der Waals surface area contributed by atoms with Gasteiger partial charge in [-0.15, -0.1) is 0 Å². The van der Waals surface area contributed by atoms with Crippen LogP contribution in [0.1, 0.15) is 59.4 Å². The maximum absolute atomic E-state index is 5.54. The fourth-order valence-corrected chi connectivity index (χ4v) is 12.2. The number of allylic oxidation sites excluding steroid dienone is 1. The van der Waals surface area contributed by atoms with Gasteiger partial charge >= 0.3 is 0 Å². The van der Waals surface area contributed by atoms with Gasteiger partial charge in [0.05, 0.1) is 27.8 Å². The monoisotopic (exact) mass is 910 g/mol. The Labute approximate surface area is 410 Å². The Balaban J connectivity index is 0.971. The Kier molecular flexibility index (Phi) is 8.84. The summed E-state index contributed by atoms with van der Waals surface area (Å²) in [5.74, 6) is 1.35. The van der Waals surface area contributed by atoms with Gasteiger partial charge in [-0.3, -0.25) is 5.32 Å². The molecule has 2 aromatic heterocycles. The highest BCUT2D eigenvalue weighted by atomic mass is 15.3. The summed E-state index contributed by atoms with van der Waals surface area (Å²) in [7, 11) is 0. The molecule has 3 atom stereocenters. The lowest BCUT2D eigenvalue weighted by atomic mass is 9.87. The van der Waals surface area contributed by atoms with Crippen molar-refractivity contribution in [2.24, 2.45) is 4.99 Å². The summed E-state index contributed by atoms with van der Waals surface area (Å²) in [4.78, 5) is 5.54. The third kappa shape index (κ3) is 6.26. The molecule has 3 N–H and O–H groups in total. The lowest BCUT2D eigenvalue weighted by molar-refractivity contribution is -0.739. The highest BCUT2D eigenvalue weighted by molar-refractivity contribution is 6.16. The molecule has 0 amide bonds. The van der Waals surface area contributed by atoms with E-state index in [1.807, 2.05) is 0 Å². The van der Waals surface area contributed by atoms with Crippen molar-refractivity contribution in [1.82, 2.24) is 14.5 Å². The van der Waals surface area contributed by atoms with Crippen LogP contribution in [0.25, 0.3) is 104 Å². The van der Waals surface area contributed by atoms with E-state index in [0.717, 1.165) is 29.2 Å². The molecule has 11 aromatic carbocycles. The molecule has 0 fully saturated rings. The van der Waals surface area contributed by atoms with E-state index >= 15 is 0 Å². The molecular formula is C66H48N5+. The number of amidine groups is 1. The fourth-order valence-electron chi connectivity index (χ4n) is 12.2. The third-order valence-corrected chi connectivity index (χ3v) is 15.6. The van der Waals surface area contributed by atoms with Gasteiger partial charge in [-0.25, -0.2) is 4.99 Å². The lowest BCUT2D eigenvalue weighted by Crippen LogP contribution is -2.90. The second-order valence-electron chi connectivity index (χ2n) is 19.7. The summed E-state index contributed by atoms with van der Waals surface area (Å²) in [5.41, 5.74) is 13.3. The van der Waals surface area contributed by atoms with Crippen molar-refractivity contribution in [2.45, 2.75) is 31.6 Å². The van der Waals surface area contributed by atoms with Crippen molar-refractivity contribution >= 4 is 98.6 Å². The van der Waals surface area contributed by atoms with Gasteiger partial charge in [0, 0.05) is 49.3 Å². The first kappa shape index (κ1) is 40.1. The van der Waals surface area contributed by atoms with Crippen LogP contribution in [0, 0.1) is 0 Å². The van der Waals surface area contributed by atoms with Gasteiger partial charge in [0.1, 0.15) is 5.84 Å². The van der Waals surface area contributed by atoms with Crippen molar-refractivity contribution in [3.05, 3.63) is 246 Å². The van der Waals surface area contributed by atoms with Crippen LogP contribution in [0.2, 0.25) is 0 Å². The average molecular weight is 911 g/mol. The molecule has 1 aliphatic heterocycles. The van der Waals surface area contributed by atoms with Gasteiger partial charge < -0.3 is 14.5 Å². The molecule has 3 heterocycles. The Morgan fingerprint density at radius 3 is 1.93 bits per heavy atom. The van der Waals surface area contributed by atoms with E-state index in [4.69, 9.17) is 4.99 Å². The van der Waals surface area contributed by atoms with Crippen LogP contribution >= 0.6 is 0 Å². The molecule has 336 valence electrons. The van der Waals surface area contributed by atoms with Gasteiger partial charge in [0.15, 0.2) is 6.17 Å². The number of fused-ring (bicyclic) bond motifs is 12. The van der Waals surface area contributed by atoms with Crippen LogP contribution in [0.3, 0.4) is 0 Å². The fraction of sp³-hybridized carbons (Fsp3) is 0.0758. The average Bonchev–Trinajstić information content (AvgIpc) is 3.92. The summed E-state index contributed by atoms with van der Waals surface area (Å²) in [6.07, 6.45) is 5.33.